The van der Waals surface area contributed by atoms with Gasteiger partial charge in [-0.1, -0.05) is 0 Å². The predicted octanol–water partition coefficient (Wildman–Crippen LogP) is 0.194. The van der Waals surface area contributed by atoms with Crippen LogP contribution in [0, 0.1) is 0 Å². The summed E-state index contributed by atoms with van der Waals surface area (Å²) < 4.78 is 0. The highest BCUT2D eigenvalue weighted by Gasteiger charge is 2.23. The van der Waals surface area contributed by atoms with Gasteiger partial charge in [0.15, 0.2) is 0 Å². The smallest absolute Gasteiger partial charge is 0.270 e. The molecule has 2 heterocycles. The fourth-order valence-electron chi connectivity index (χ4n) is 1.84. The molecule has 0 saturated carbocycles. The van der Waals surface area contributed by atoms with Gasteiger partial charge in [0, 0.05) is 25.0 Å². The summed E-state index contributed by atoms with van der Waals surface area (Å²) in [7, 11) is 0. The van der Waals surface area contributed by atoms with Gasteiger partial charge in [-0.25, -0.2) is 0 Å². The van der Waals surface area contributed by atoms with Crippen LogP contribution in [0.1, 0.15) is 23.3 Å². The number of carbonyl (C=O) groups is 1. The first-order chi connectivity index (χ1) is 7.16. The molecule has 1 atom stereocenters. The molecular formula is C10H15N3O2. The Labute approximate surface area is 87.9 Å². The second kappa shape index (κ2) is 3.94. The van der Waals surface area contributed by atoms with Crippen LogP contribution in [0.4, 0.5) is 5.69 Å². The van der Waals surface area contributed by atoms with E-state index in [1.165, 1.54) is 0 Å². The number of aliphatic hydroxyl groups is 1. The Hall–Kier alpha value is -1.49. The quantitative estimate of drug-likeness (QED) is 0.617. The van der Waals surface area contributed by atoms with E-state index in [2.05, 4.69) is 4.98 Å². The van der Waals surface area contributed by atoms with Crippen molar-refractivity contribution in [1.29, 1.82) is 0 Å². The Kier molecular flexibility index (Phi) is 2.64. The summed E-state index contributed by atoms with van der Waals surface area (Å²) in [6.45, 7) is 1.12. The van der Waals surface area contributed by atoms with E-state index in [1.54, 1.807) is 17.2 Å². The number of hydrogen-bond donors (Lipinski definition) is 3. The maximum atomic E-state index is 11.9. The van der Waals surface area contributed by atoms with Crippen molar-refractivity contribution in [1.82, 2.24) is 9.88 Å². The Morgan fingerprint density at radius 3 is 3.07 bits per heavy atom. The van der Waals surface area contributed by atoms with Crippen molar-refractivity contribution in [2.75, 3.05) is 18.8 Å². The molecule has 0 spiro atoms. The number of aliphatic hydroxyl groups excluding tert-OH is 1. The van der Waals surface area contributed by atoms with E-state index in [1.807, 2.05) is 0 Å². The fraction of sp³-hybridized carbons (Fsp3) is 0.500. The van der Waals surface area contributed by atoms with Gasteiger partial charge < -0.3 is 20.7 Å². The second-order valence-corrected chi connectivity index (χ2v) is 3.89. The molecule has 82 valence electrons. The number of nitrogen functional groups attached to an aromatic ring is 1. The number of nitrogens with zero attached hydrogens (tertiary/aromatic N) is 1. The third kappa shape index (κ3) is 2.12. The summed E-state index contributed by atoms with van der Waals surface area (Å²) in [4.78, 5) is 16.4. The van der Waals surface area contributed by atoms with Crippen LogP contribution in [0.3, 0.4) is 0 Å². The molecule has 0 radical (unpaired) electrons. The van der Waals surface area contributed by atoms with Gasteiger partial charge in [0.05, 0.1) is 6.10 Å². The molecule has 1 aliphatic heterocycles. The van der Waals surface area contributed by atoms with E-state index < -0.39 is 6.10 Å². The SMILES string of the molecule is Nc1c[nH]c(C(=O)N2CCC[C@H](O)C2)c1. The number of nitrogens with two attached hydrogens (primary N) is 1. The summed E-state index contributed by atoms with van der Waals surface area (Å²) in [6.07, 6.45) is 2.82. The fourth-order valence-corrected chi connectivity index (χ4v) is 1.84. The van der Waals surface area contributed by atoms with E-state index in [0.29, 0.717) is 24.5 Å². The van der Waals surface area contributed by atoms with E-state index in [-0.39, 0.29) is 5.91 Å². The highest BCUT2D eigenvalue weighted by Crippen LogP contribution is 2.14. The topological polar surface area (TPSA) is 82.4 Å². The Bertz CT molecular complexity index is 361. The molecule has 1 aromatic rings. The number of hydrogen-bond acceptors (Lipinski definition) is 3. The lowest BCUT2D eigenvalue weighted by molar-refractivity contribution is 0.0469. The normalized spacial score (nSPS) is 21.7. The number of carbonyl (C=O) groups excluding carboxylic acids is 1. The molecule has 5 heteroatoms. The zero-order chi connectivity index (χ0) is 10.8. The van der Waals surface area contributed by atoms with Gasteiger partial charge in [-0.15, -0.1) is 0 Å². The molecule has 1 fully saturated rings. The molecule has 0 aromatic carbocycles. The number of amides is 1. The standard InChI is InChI=1S/C10H15N3O2/c11-7-4-9(12-5-7)10(15)13-3-1-2-8(14)6-13/h4-5,8,12,14H,1-3,6,11H2/t8-/m0/s1. The number of nitrogens with one attached hydrogen (secondary N) is 1. The van der Waals surface area contributed by atoms with Crippen molar-refractivity contribution in [3.05, 3.63) is 18.0 Å². The summed E-state index contributed by atoms with van der Waals surface area (Å²) >= 11 is 0. The van der Waals surface area contributed by atoms with Crippen LogP contribution in [0.2, 0.25) is 0 Å². The summed E-state index contributed by atoms with van der Waals surface area (Å²) in [5.74, 6) is -0.0922. The van der Waals surface area contributed by atoms with Crippen LogP contribution in [0.15, 0.2) is 12.3 Å². The van der Waals surface area contributed by atoms with Crippen LogP contribution in [0.25, 0.3) is 0 Å². The number of aromatic nitrogens is 1. The number of aromatic amines is 1. The lowest BCUT2D eigenvalue weighted by Crippen LogP contribution is -2.42. The van der Waals surface area contributed by atoms with E-state index in [0.717, 1.165) is 12.8 Å². The number of anilines is 1. The monoisotopic (exact) mass is 209 g/mol. The molecular weight excluding hydrogens is 194 g/mol. The number of likely N-dealkylation sites (tertiary alicyclic amines) is 1. The number of H-pyrrole nitrogens is 1. The molecule has 2 rings (SSSR count). The summed E-state index contributed by atoms with van der Waals surface area (Å²) in [6, 6.07) is 1.61. The van der Waals surface area contributed by atoms with Crippen LogP contribution in [-0.4, -0.2) is 40.1 Å². The molecule has 1 saturated heterocycles. The molecule has 0 bridgehead atoms. The number of piperidine rings is 1. The number of rotatable bonds is 1. The average molecular weight is 209 g/mol. The lowest BCUT2D eigenvalue weighted by Gasteiger charge is -2.29. The largest absolute Gasteiger partial charge is 0.397 e. The molecule has 0 unspecified atom stereocenters. The highest BCUT2D eigenvalue weighted by atomic mass is 16.3. The van der Waals surface area contributed by atoms with Crippen molar-refractivity contribution < 1.29 is 9.90 Å². The molecule has 15 heavy (non-hydrogen) atoms. The van der Waals surface area contributed by atoms with Gasteiger partial charge in [-0.2, -0.15) is 0 Å². The Morgan fingerprint density at radius 1 is 1.67 bits per heavy atom. The van der Waals surface area contributed by atoms with E-state index in [4.69, 9.17) is 5.73 Å². The maximum absolute atomic E-state index is 11.9. The van der Waals surface area contributed by atoms with Gasteiger partial charge >= 0.3 is 0 Å². The van der Waals surface area contributed by atoms with Crippen molar-refractivity contribution in [2.24, 2.45) is 0 Å². The zero-order valence-electron chi connectivity index (χ0n) is 8.44. The Balaban J connectivity index is 2.07. The van der Waals surface area contributed by atoms with Gasteiger partial charge in [-0.05, 0) is 18.9 Å². The highest BCUT2D eigenvalue weighted by molar-refractivity contribution is 5.93. The molecule has 5 nitrogen and oxygen atoms in total. The zero-order valence-corrected chi connectivity index (χ0v) is 8.44. The van der Waals surface area contributed by atoms with E-state index in [9.17, 15) is 9.90 Å². The first-order valence-corrected chi connectivity index (χ1v) is 5.08. The van der Waals surface area contributed by atoms with Gasteiger partial charge in [0.1, 0.15) is 5.69 Å². The van der Waals surface area contributed by atoms with Crippen molar-refractivity contribution in [3.63, 3.8) is 0 Å². The minimum Gasteiger partial charge on any atom is -0.397 e. The van der Waals surface area contributed by atoms with Crippen molar-refractivity contribution in [2.45, 2.75) is 18.9 Å². The Morgan fingerprint density at radius 2 is 2.47 bits per heavy atom. The molecule has 1 aromatic heterocycles. The average Bonchev–Trinajstić information content (AvgIpc) is 2.64. The van der Waals surface area contributed by atoms with Crippen molar-refractivity contribution in [3.8, 4) is 0 Å². The van der Waals surface area contributed by atoms with Crippen LogP contribution in [0.5, 0.6) is 0 Å². The van der Waals surface area contributed by atoms with Gasteiger partial charge in [-0.3, -0.25) is 4.79 Å². The van der Waals surface area contributed by atoms with Crippen molar-refractivity contribution >= 4 is 11.6 Å². The second-order valence-electron chi connectivity index (χ2n) is 3.89. The molecule has 1 amide bonds. The third-order valence-electron chi connectivity index (χ3n) is 2.62. The minimum atomic E-state index is -0.394. The maximum Gasteiger partial charge on any atom is 0.270 e. The minimum absolute atomic E-state index is 0.0922. The molecule has 0 aliphatic carbocycles. The lowest BCUT2D eigenvalue weighted by atomic mass is 10.1. The van der Waals surface area contributed by atoms with Gasteiger partial charge in [0.25, 0.3) is 5.91 Å². The van der Waals surface area contributed by atoms with Crippen LogP contribution < -0.4 is 5.73 Å². The molecule has 4 N–H and O–H groups in total. The third-order valence-corrected chi connectivity index (χ3v) is 2.62. The van der Waals surface area contributed by atoms with Crippen LogP contribution >= 0.6 is 0 Å². The first-order valence-electron chi connectivity index (χ1n) is 5.08. The van der Waals surface area contributed by atoms with Gasteiger partial charge in [0.2, 0.25) is 0 Å². The molecule has 1 aliphatic rings. The summed E-state index contributed by atoms with van der Waals surface area (Å²) in [5, 5.41) is 9.45. The number of β-amino-alcohol motifs (C(OH)–C–C–N with tert-alkyl or cyclic N) is 1. The summed E-state index contributed by atoms with van der Waals surface area (Å²) in [5.41, 5.74) is 6.56. The van der Waals surface area contributed by atoms with Crippen LogP contribution in [-0.2, 0) is 0 Å². The predicted molar refractivity (Wildman–Crippen MR) is 56.3 cm³/mol. The first kappa shape index (κ1) is 10.0. The van der Waals surface area contributed by atoms with E-state index >= 15 is 0 Å².